The Balaban J connectivity index is 1.48. The lowest BCUT2D eigenvalue weighted by molar-refractivity contribution is 0.0492. The van der Waals surface area contributed by atoms with Crippen molar-refractivity contribution < 1.29 is 14.3 Å². The summed E-state index contributed by atoms with van der Waals surface area (Å²) in [7, 11) is 1.66. The molecule has 0 spiro atoms. The molecule has 11 heteroatoms. The van der Waals surface area contributed by atoms with Gasteiger partial charge in [-0.15, -0.1) is 0 Å². The molecule has 0 saturated heterocycles. The number of aromatic nitrogens is 2. The molecule has 4 N–H and O–H groups in total. The van der Waals surface area contributed by atoms with Crippen molar-refractivity contribution in [3.63, 3.8) is 0 Å². The molecule has 0 unspecified atom stereocenters. The molecule has 1 aliphatic rings. The predicted molar refractivity (Wildman–Crippen MR) is 178 cm³/mol. The number of nitrogens with one attached hydrogen (secondary N) is 2. The van der Waals surface area contributed by atoms with Crippen molar-refractivity contribution in [3.8, 4) is 16.9 Å². The number of hydrogen-bond donors (Lipinski definition) is 3. The molecule has 4 aromatic rings. The van der Waals surface area contributed by atoms with Crippen LogP contribution in [-0.2, 0) is 4.74 Å². The molecule has 2 aromatic carbocycles. The summed E-state index contributed by atoms with van der Waals surface area (Å²) in [5, 5.41) is 12.3. The molecule has 0 bridgehead atoms. The molecule has 0 aliphatic heterocycles. The standard InChI is InChI=1S/C33H38Cl2N6O3/c1-19-15-23(43-5)13-14-24(19)20-16-28-29(38-21-9-11-22(12-10-21)39-32(42)44-33(2,3)4)25(17-37-41(28)18-20)31(36)40-30-26(34)7-6-8-27(30)35/h6-8,13-18,21-22,38H,9-12H2,1-5H3,(H2,36,40)(H,39,42)/t21-,22-. The maximum atomic E-state index is 12.3. The number of hydrogen-bond acceptors (Lipinski definition) is 6. The van der Waals surface area contributed by atoms with E-state index in [4.69, 9.17) is 38.4 Å². The van der Waals surface area contributed by atoms with Gasteiger partial charge in [-0.25, -0.2) is 14.3 Å². The lowest BCUT2D eigenvalue weighted by Crippen LogP contribution is -2.42. The highest BCUT2D eigenvalue weighted by atomic mass is 35.5. The summed E-state index contributed by atoms with van der Waals surface area (Å²) >= 11 is 12.8. The number of nitrogens with two attached hydrogens (primary N) is 1. The molecular formula is C33H38Cl2N6O3. The number of fused-ring (bicyclic) bond motifs is 1. The molecule has 5 rings (SSSR count). The lowest BCUT2D eigenvalue weighted by atomic mass is 9.91. The minimum atomic E-state index is -0.540. The fourth-order valence-corrected chi connectivity index (χ4v) is 5.96. The van der Waals surface area contributed by atoms with E-state index in [0.29, 0.717) is 21.3 Å². The number of nitrogens with zero attached hydrogens (tertiary/aromatic N) is 3. The molecule has 2 heterocycles. The van der Waals surface area contributed by atoms with Crippen LogP contribution < -0.4 is 21.1 Å². The number of para-hydroxylation sites is 1. The van der Waals surface area contributed by atoms with Gasteiger partial charge in [0, 0.05) is 23.8 Å². The highest BCUT2D eigenvalue weighted by Gasteiger charge is 2.26. The van der Waals surface area contributed by atoms with E-state index in [1.165, 1.54) is 0 Å². The topological polar surface area (TPSA) is 115 Å². The van der Waals surface area contributed by atoms with Crippen molar-refractivity contribution in [2.75, 3.05) is 12.4 Å². The van der Waals surface area contributed by atoms with Crippen molar-refractivity contribution in [2.24, 2.45) is 10.7 Å². The minimum absolute atomic E-state index is 0.0479. The Morgan fingerprint density at radius 2 is 1.75 bits per heavy atom. The van der Waals surface area contributed by atoms with Crippen LogP contribution >= 0.6 is 23.2 Å². The summed E-state index contributed by atoms with van der Waals surface area (Å²) in [6.07, 6.45) is 6.62. The predicted octanol–water partition coefficient (Wildman–Crippen LogP) is 7.91. The van der Waals surface area contributed by atoms with Crippen LogP contribution in [0.25, 0.3) is 16.6 Å². The summed E-state index contributed by atoms with van der Waals surface area (Å²) in [6, 6.07) is 13.5. The van der Waals surface area contributed by atoms with Gasteiger partial charge in [0.1, 0.15) is 22.9 Å². The summed E-state index contributed by atoms with van der Waals surface area (Å²) in [4.78, 5) is 17.0. The van der Waals surface area contributed by atoms with Gasteiger partial charge in [-0.1, -0.05) is 35.3 Å². The molecular weight excluding hydrogens is 599 g/mol. The normalized spacial score (nSPS) is 17.4. The Labute approximate surface area is 267 Å². The molecule has 0 radical (unpaired) electrons. The Kier molecular flexibility index (Phi) is 9.27. The summed E-state index contributed by atoms with van der Waals surface area (Å²) in [5.74, 6) is 1.04. The van der Waals surface area contributed by atoms with E-state index in [0.717, 1.165) is 59.3 Å². The second-order valence-corrected chi connectivity index (χ2v) is 12.9. The number of amides is 1. The van der Waals surface area contributed by atoms with Gasteiger partial charge >= 0.3 is 6.09 Å². The molecule has 2 aromatic heterocycles. The quantitative estimate of drug-likeness (QED) is 0.140. The maximum Gasteiger partial charge on any atom is 0.407 e. The zero-order chi connectivity index (χ0) is 31.6. The van der Waals surface area contributed by atoms with Gasteiger partial charge in [-0.05, 0) is 94.8 Å². The summed E-state index contributed by atoms with van der Waals surface area (Å²) in [5.41, 5.74) is 12.0. The number of ether oxygens (including phenoxy) is 2. The van der Waals surface area contributed by atoms with Gasteiger partial charge in [0.2, 0.25) is 0 Å². The molecule has 1 aliphatic carbocycles. The number of halogens is 2. The van der Waals surface area contributed by atoms with Gasteiger partial charge < -0.3 is 25.8 Å². The highest BCUT2D eigenvalue weighted by molar-refractivity contribution is 6.39. The van der Waals surface area contributed by atoms with E-state index in [9.17, 15) is 4.79 Å². The zero-order valence-corrected chi connectivity index (χ0v) is 27.1. The average Bonchev–Trinajstić information content (AvgIpc) is 3.39. The van der Waals surface area contributed by atoms with Gasteiger partial charge in [0.15, 0.2) is 0 Å². The smallest absolute Gasteiger partial charge is 0.407 e. The first kappa shape index (κ1) is 31.5. The fraction of sp³-hybridized carbons (Fsp3) is 0.364. The third kappa shape index (κ3) is 7.22. The van der Waals surface area contributed by atoms with E-state index >= 15 is 0 Å². The first-order chi connectivity index (χ1) is 20.9. The lowest BCUT2D eigenvalue weighted by Gasteiger charge is -2.31. The van der Waals surface area contributed by atoms with E-state index in [1.54, 1.807) is 31.5 Å². The Morgan fingerprint density at radius 3 is 2.39 bits per heavy atom. The SMILES string of the molecule is COc1ccc(-c2cc3c(N[C@H]4CC[C@H](NC(=O)OC(C)(C)C)CC4)c(C(N)=Nc4c(Cl)cccc4Cl)cnn3c2)c(C)c1. The van der Waals surface area contributed by atoms with Crippen molar-refractivity contribution >= 4 is 52.0 Å². The number of carbonyl (C=O) groups excluding carboxylic acids is 1. The van der Waals surface area contributed by atoms with E-state index in [-0.39, 0.29) is 24.0 Å². The number of aryl methyl sites for hydroxylation is 1. The average molecular weight is 638 g/mol. The van der Waals surface area contributed by atoms with Crippen molar-refractivity contribution in [1.29, 1.82) is 0 Å². The Morgan fingerprint density at radius 1 is 1.07 bits per heavy atom. The summed E-state index contributed by atoms with van der Waals surface area (Å²) < 4.78 is 12.7. The molecule has 44 heavy (non-hydrogen) atoms. The van der Waals surface area contributed by atoms with Crippen LogP contribution in [0.1, 0.15) is 57.6 Å². The van der Waals surface area contributed by atoms with Crippen LogP contribution in [0.3, 0.4) is 0 Å². The molecule has 1 fully saturated rings. The number of aliphatic imine (C=N–C) groups is 1. The van der Waals surface area contributed by atoms with Crippen LogP contribution in [0.5, 0.6) is 5.75 Å². The van der Waals surface area contributed by atoms with Crippen LogP contribution in [0, 0.1) is 6.92 Å². The molecule has 9 nitrogen and oxygen atoms in total. The number of amidine groups is 1. The molecule has 1 amide bonds. The molecule has 232 valence electrons. The number of methoxy groups -OCH3 is 1. The fourth-order valence-electron chi connectivity index (χ4n) is 5.47. The number of anilines is 1. The molecule has 0 atom stereocenters. The first-order valence-electron chi connectivity index (χ1n) is 14.6. The number of rotatable bonds is 7. The Hall–Kier alpha value is -3.95. The van der Waals surface area contributed by atoms with E-state index in [2.05, 4.69) is 33.7 Å². The van der Waals surface area contributed by atoms with Crippen LogP contribution in [0.2, 0.25) is 10.0 Å². The third-order valence-electron chi connectivity index (χ3n) is 7.62. The van der Waals surface area contributed by atoms with Crippen LogP contribution in [0.4, 0.5) is 16.2 Å². The zero-order valence-electron chi connectivity index (χ0n) is 25.6. The number of benzene rings is 2. The van der Waals surface area contributed by atoms with E-state index in [1.807, 2.05) is 49.7 Å². The largest absolute Gasteiger partial charge is 0.497 e. The van der Waals surface area contributed by atoms with Gasteiger partial charge in [0.05, 0.1) is 40.1 Å². The number of carbonyl (C=O) groups is 1. The first-order valence-corrected chi connectivity index (χ1v) is 15.4. The highest BCUT2D eigenvalue weighted by Crippen LogP contribution is 2.36. The van der Waals surface area contributed by atoms with Gasteiger partial charge in [-0.3, -0.25) is 0 Å². The Bertz CT molecular complexity index is 1680. The van der Waals surface area contributed by atoms with Crippen molar-refractivity contribution in [2.45, 2.75) is 71.1 Å². The van der Waals surface area contributed by atoms with Crippen molar-refractivity contribution in [1.82, 2.24) is 14.9 Å². The van der Waals surface area contributed by atoms with Crippen LogP contribution in [0.15, 0.2) is 59.9 Å². The second-order valence-electron chi connectivity index (χ2n) is 12.1. The van der Waals surface area contributed by atoms with E-state index < -0.39 is 5.60 Å². The maximum absolute atomic E-state index is 12.3. The second kappa shape index (κ2) is 13.0. The van der Waals surface area contributed by atoms with Gasteiger partial charge in [-0.2, -0.15) is 5.10 Å². The van der Waals surface area contributed by atoms with Crippen LogP contribution in [-0.4, -0.2) is 46.3 Å². The molecule has 1 saturated carbocycles. The monoisotopic (exact) mass is 636 g/mol. The van der Waals surface area contributed by atoms with Crippen molar-refractivity contribution in [3.05, 3.63) is 76.0 Å². The minimum Gasteiger partial charge on any atom is -0.497 e. The van der Waals surface area contributed by atoms with Gasteiger partial charge in [0.25, 0.3) is 0 Å². The third-order valence-corrected chi connectivity index (χ3v) is 8.23. The number of alkyl carbamates (subject to hydrolysis) is 1. The summed E-state index contributed by atoms with van der Waals surface area (Å²) in [6.45, 7) is 7.63.